The minimum atomic E-state index is 0.707. The molecule has 0 radical (unpaired) electrons. The Morgan fingerprint density at radius 3 is 3.06 bits per heavy atom. The first kappa shape index (κ1) is 11.7. The van der Waals surface area contributed by atoms with E-state index in [9.17, 15) is 0 Å². The molecular weight excluding hydrogens is 244 g/mol. The highest BCUT2D eigenvalue weighted by atomic mass is 32.2. The topological polar surface area (TPSA) is 50.7 Å². The normalized spacial score (nSPS) is 19.9. The van der Waals surface area contributed by atoms with E-state index in [2.05, 4.69) is 32.0 Å². The molecule has 0 bridgehead atoms. The summed E-state index contributed by atoms with van der Waals surface area (Å²) in [5, 5.41) is 4.13. The van der Waals surface area contributed by atoms with E-state index in [4.69, 9.17) is 0 Å². The van der Waals surface area contributed by atoms with Gasteiger partial charge in [0.2, 0.25) is 0 Å². The molecule has 5 heteroatoms. The molecule has 1 saturated heterocycles. The largest absolute Gasteiger partial charge is 0.369 e. The van der Waals surface area contributed by atoms with Crippen molar-refractivity contribution in [3.05, 3.63) is 24.5 Å². The van der Waals surface area contributed by atoms with Crippen LogP contribution >= 0.6 is 11.8 Å². The van der Waals surface area contributed by atoms with Crippen LogP contribution in [0.5, 0.6) is 0 Å². The maximum Gasteiger partial charge on any atom is 0.180 e. The van der Waals surface area contributed by atoms with E-state index in [0.29, 0.717) is 5.65 Å². The highest BCUT2D eigenvalue weighted by molar-refractivity contribution is 7.99. The summed E-state index contributed by atoms with van der Waals surface area (Å²) in [6.07, 6.45) is 7.40. The summed E-state index contributed by atoms with van der Waals surface area (Å²) in [5.41, 5.74) is 1.55. The Balaban J connectivity index is 1.66. The molecule has 4 nitrogen and oxygen atoms in total. The maximum absolute atomic E-state index is 4.47. The number of nitrogens with one attached hydrogen (secondary N) is 1. The first-order valence-corrected chi connectivity index (χ1v) is 7.40. The van der Waals surface area contributed by atoms with Crippen molar-refractivity contribution < 1.29 is 0 Å². The van der Waals surface area contributed by atoms with Gasteiger partial charge < -0.3 is 5.32 Å². The molecule has 0 aliphatic carbocycles. The van der Waals surface area contributed by atoms with E-state index >= 15 is 0 Å². The van der Waals surface area contributed by atoms with Crippen LogP contribution < -0.4 is 5.32 Å². The van der Waals surface area contributed by atoms with E-state index in [1.807, 2.05) is 12.1 Å². The second-order valence-electron chi connectivity index (χ2n) is 4.47. The van der Waals surface area contributed by atoms with E-state index < -0.39 is 0 Å². The zero-order valence-electron chi connectivity index (χ0n) is 10.2. The number of rotatable bonds is 3. The smallest absolute Gasteiger partial charge is 0.180 e. The average Bonchev–Trinajstić information content (AvgIpc) is 2.46. The number of hydrogen-bond acceptors (Lipinski definition) is 5. The van der Waals surface area contributed by atoms with Crippen molar-refractivity contribution in [2.45, 2.75) is 24.5 Å². The fourth-order valence-corrected chi connectivity index (χ4v) is 3.38. The summed E-state index contributed by atoms with van der Waals surface area (Å²) in [7, 11) is 0. The van der Waals surface area contributed by atoms with Gasteiger partial charge in [-0.25, -0.2) is 9.97 Å². The Labute approximate surface area is 111 Å². The Kier molecular flexibility index (Phi) is 3.59. The van der Waals surface area contributed by atoms with E-state index in [0.717, 1.165) is 23.1 Å². The fraction of sp³-hybridized carbons (Fsp3) is 0.462. The first-order chi connectivity index (χ1) is 8.92. The van der Waals surface area contributed by atoms with Crippen LogP contribution in [0.25, 0.3) is 11.2 Å². The van der Waals surface area contributed by atoms with Crippen molar-refractivity contribution in [3.63, 3.8) is 0 Å². The van der Waals surface area contributed by atoms with Crippen molar-refractivity contribution in [2.75, 3.05) is 17.6 Å². The lowest BCUT2D eigenvalue weighted by molar-refractivity contribution is 0.677. The molecule has 0 saturated carbocycles. The van der Waals surface area contributed by atoms with Crippen LogP contribution in [-0.4, -0.2) is 32.5 Å². The van der Waals surface area contributed by atoms with Gasteiger partial charge in [-0.1, -0.05) is 6.42 Å². The van der Waals surface area contributed by atoms with E-state index in [1.165, 1.54) is 25.0 Å². The average molecular weight is 260 g/mol. The zero-order valence-corrected chi connectivity index (χ0v) is 11.0. The number of anilines is 1. The van der Waals surface area contributed by atoms with Gasteiger partial charge in [-0.15, -0.1) is 0 Å². The molecule has 3 rings (SSSR count). The lowest BCUT2D eigenvalue weighted by Gasteiger charge is -2.21. The van der Waals surface area contributed by atoms with Gasteiger partial charge in [0.15, 0.2) is 5.65 Å². The maximum atomic E-state index is 4.47. The van der Waals surface area contributed by atoms with Crippen LogP contribution in [0.1, 0.15) is 19.3 Å². The van der Waals surface area contributed by atoms with Crippen molar-refractivity contribution in [1.82, 2.24) is 15.0 Å². The van der Waals surface area contributed by atoms with Gasteiger partial charge in [0.05, 0.1) is 0 Å². The van der Waals surface area contributed by atoms with Gasteiger partial charge in [-0.2, -0.15) is 11.8 Å². The molecule has 1 aliphatic rings. The second kappa shape index (κ2) is 5.52. The first-order valence-electron chi connectivity index (χ1n) is 6.35. The van der Waals surface area contributed by atoms with Crippen molar-refractivity contribution >= 4 is 28.7 Å². The molecule has 94 valence electrons. The molecule has 1 unspecified atom stereocenters. The second-order valence-corrected chi connectivity index (χ2v) is 5.87. The molecule has 0 spiro atoms. The molecule has 1 aliphatic heterocycles. The molecule has 2 aromatic heterocycles. The predicted molar refractivity (Wildman–Crippen MR) is 75.9 cm³/mol. The van der Waals surface area contributed by atoms with Crippen LogP contribution in [0.4, 0.5) is 5.82 Å². The van der Waals surface area contributed by atoms with Gasteiger partial charge in [0.1, 0.15) is 11.3 Å². The van der Waals surface area contributed by atoms with Gasteiger partial charge in [0, 0.05) is 24.2 Å². The third-order valence-corrected chi connectivity index (χ3v) is 4.51. The van der Waals surface area contributed by atoms with Crippen molar-refractivity contribution in [2.24, 2.45) is 0 Å². The third-order valence-electron chi connectivity index (χ3n) is 3.12. The van der Waals surface area contributed by atoms with Gasteiger partial charge in [-0.3, -0.25) is 4.98 Å². The molecule has 0 amide bonds. The standard InChI is InChI=1S/C13H16N4S/c1-2-8-18-10(3-1)9-16-12-5-4-11-13(17-12)15-7-6-14-11/h4-7,10H,1-3,8-9H2,(H,15,16,17). The minimum absolute atomic E-state index is 0.707. The van der Waals surface area contributed by atoms with Gasteiger partial charge in [-0.05, 0) is 30.7 Å². The van der Waals surface area contributed by atoms with Crippen LogP contribution in [-0.2, 0) is 0 Å². The molecular formula is C13H16N4S. The lowest BCUT2D eigenvalue weighted by atomic mass is 10.2. The molecule has 1 N–H and O–H groups in total. The zero-order chi connectivity index (χ0) is 12.2. The van der Waals surface area contributed by atoms with Crippen LogP contribution in [0.15, 0.2) is 24.5 Å². The van der Waals surface area contributed by atoms with E-state index in [-0.39, 0.29) is 0 Å². The van der Waals surface area contributed by atoms with Gasteiger partial charge in [0.25, 0.3) is 0 Å². The Morgan fingerprint density at radius 1 is 1.22 bits per heavy atom. The van der Waals surface area contributed by atoms with Crippen LogP contribution in [0, 0.1) is 0 Å². The van der Waals surface area contributed by atoms with Crippen molar-refractivity contribution in [1.29, 1.82) is 0 Å². The third kappa shape index (κ3) is 2.72. The van der Waals surface area contributed by atoms with Crippen molar-refractivity contribution in [3.8, 4) is 0 Å². The number of thioether (sulfide) groups is 1. The Morgan fingerprint density at radius 2 is 2.17 bits per heavy atom. The fourth-order valence-electron chi connectivity index (χ4n) is 2.14. The quantitative estimate of drug-likeness (QED) is 0.919. The summed E-state index contributed by atoms with van der Waals surface area (Å²) >= 11 is 2.07. The number of aromatic nitrogens is 3. The number of fused-ring (bicyclic) bond motifs is 1. The van der Waals surface area contributed by atoms with Crippen LogP contribution in [0.2, 0.25) is 0 Å². The summed E-state index contributed by atoms with van der Waals surface area (Å²) in [6, 6.07) is 3.94. The number of hydrogen-bond donors (Lipinski definition) is 1. The molecule has 2 aromatic rings. The lowest BCUT2D eigenvalue weighted by Crippen LogP contribution is -2.20. The van der Waals surface area contributed by atoms with E-state index in [1.54, 1.807) is 12.4 Å². The monoisotopic (exact) mass is 260 g/mol. The molecule has 3 heterocycles. The summed E-state index contributed by atoms with van der Waals surface area (Å²) in [4.78, 5) is 12.9. The Bertz CT molecular complexity index is 525. The highest BCUT2D eigenvalue weighted by Crippen LogP contribution is 2.25. The molecule has 0 aromatic carbocycles. The minimum Gasteiger partial charge on any atom is -0.369 e. The predicted octanol–water partition coefficient (Wildman–Crippen LogP) is 2.72. The van der Waals surface area contributed by atoms with Crippen LogP contribution in [0.3, 0.4) is 0 Å². The summed E-state index contributed by atoms with van der Waals surface area (Å²) in [6.45, 7) is 0.990. The number of pyridine rings is 1. The summed E-state index contributed by atoms with van der Waals surface area (Å²) < 4.78 is 0. The highest BCUT2D eigenvalue weighted by Gasteiger charge is 2.13. The number of nitrogens with zero attached hydrogens (tertiary/aromatic N) is 3. The Hall–Kier alpha value is -1.36. The molecule has 18 heavy (non-hydrogen) atoms. The molecule has 1 fully saturated rings. The summed E-state index contributed by atoms with van der Waals surface area (Å²) in [5.74, 6) is 2.19. The van der Waals surface area contributed by atoms with Gasteiger partial charge >= 0.3 is 0 Å². The SMILES string of the molecule is c1cnc2nc(NCC3CCCCS3)ccc2n1. The molecule has 1 atom stereocenters.